The maximum absolute atomic E-state index is 11.7. The number of nitrogens with one attached hydrogen (secondary N) is 1. The Balaban J connectivity index is 2.91. The zero-order valence-electron chi connectivity index (χ0n) is 8.53. The van der Waals surface area contributed by atoms with E-state index in [0.717, 1.165) is 0 Å². The Labute approximate surface area is 102 Å². The van der Waals surface area contributed by atoms with Gasteiger partial charge in [-0.05, 0) is 15.9 Å². The third kappa shape index (κ3) is 2.88. The normalized spacial score (nSPS) is 9.19. The van der Waals surface area contributed by atoms with Crippen molar-refractivity contribution in [3.63, 3.8) is 0 Å². The zero-order valence-corrected chi connectivity index (χ0v) is 10.1. The van der Waals surface area contributed by atoms with Crippen molar-refractivity contribution in [3.8, 4) is 24.7 Å². The van der Waals surface area contributed by atoms with E-state index in [4.69, 9.17) is 12.8 Å². The maximum Gasteiger partial charge on any atom is 0.284 e. The van der Waals surface area contributed by atoms with Crippen LogP contribution >= 0.6 is 15.9 Å². The van der Waals surface area contributed by atoms with Crippen LogP contribution in [0.3, 0.4) is 0 Å². The van der Waals surface area contributed by atoms with Gasteiger partial charge in [-0.25, -0.2) is 4.68 Å². The first-order valence-corrected chi connectivity index (χ1v) is 5.36. The standard InChI is InChI=1S/C11H10BrN3O/c1-3-5-6-13-9-8-14-15(7-4-2)11(16)10(9)12/h1-2,8,13H,5-7H2. The van der Waals surface area contributed by atoms with Crippen LogP contribution in [0, 0.1) is 24.7 Å². The van der Waals surface area contributed by atoms with Crippen LogP contribution in [-0.4, -0.2) is 16.3 Å². The highest BCUT2D eigenvalue weighted by Gasteiger charge is 2.07. The number of hydrogen-bond donors (Lipinski definition) is 1. The molecule has 82 valence electrons. The molecular weight excluding hydrogens is 270 g/mol. The fourth-order valence-corrected chi connectivity index (χ4v) is 1.50. The summed E-state index contributed by atoms with van der Waals surface area (Å²) in [5.41, 5.74) is 0.358. The van der Waals surface area contributed by atoms with Gasteiger partial charge in [-0.2, -0.15) is 5.10 Å². The van der Waals surface area contributed by atoms with Gasteiger partial charge < -0.3 is 5.32 Å². The number of anilines is 1. The summed E-state index contributed by atoms with van der Waals surface area (Å²) in [6, 6.07) is 0. The molecule has 0 aliphatic heterocycles. The van der Waals surface area contributed by atoms with E-state index in [1.54, 1.807) is 6.20 Å². The molecule has 16 heavy (non-hydrogen) atoms. The molecule has 1 aromatic heterocycles. The van der Waals surface area contributed by atoms with Crippen LogP contribution in [0.5, 0.6) is 0 Å². The lowest BCUT2D eigenvalue weighted by atomic mass is 10.4. The minimum Gasteiger partial charge on any atom is -0.382 e. The van der Waals surface area contributed by atoms with E-state index in [1.807, 2.05) is 0 Å². The molecule has 0 unspecified atom stereocenters. The van der Waals surface area contributed by atoms with E-state index in [0.29, 0.717) is 23.1 Å². The first-order valence-electron chi connectivity index (χ1n) is 4.57. The van der Waals surface area contributed by atoms with Gasteiger partial charge in [0.15, 0.2) is 0 Å². The quantitative estimate of drug-likeness (QED) is 0.663. The molecule has 0 fully saturated rings. The Morgan fingerprint density at radius 3 is 2.88 bits per heavy atom. The van der Waals surface area contributed by atoms with Crippen molar-refractivity contribution in [2.24, 2.45) is 0 Å². The van der Waals surface area contributed by atoms with Crippen molar-refractivity contribution in [1.82, 2.24) is 9.78 Å². The van der Waals surface area contributed by atoms with Gasteiger partial charge in [0.1, 0.15) is 11.0 Å². The third-order valence-electron chi connectivity index (χ3n) is 1.81. The number of nitrogens with zero attached hydrogens (tertiary/aromatic N) is 2. The molecule has 0 saturated heterocycles. The van der Waals surface area contributed by atoms with Crippen LogP contribution in [0.25, 0.3) is 0 Å². The van der Waals surface area contributed by atoms with Gasteiger partial charge in [-0.1, -0.05) is 5.92 Å². The number of aromatic nitrogens is 2. The number of terminal acetylenes is 2. The lowest BCUT2D eigenvalue weighted by Crippen LogP contribution is -2.24. The van der Waals surface area contributed by atoms with Crippen molar-refractivity contribution >= 4 is 21.6 Å². The summed E-state index contributed by atoms with van der Waals surface area (Å²) >= 11 is 3.20. The van der Waals surface area contributed by atoms with E-state index in [1.165, 1.54) is 4.68 Å². The van der Waals surface area contributed by atoms with E-state index in [2.05, 4.69) is 38.2 Å². The monoisotopic (exact) mass is 279 g/mol. The molecule has 1 N–H and O–H groups in total. The zero-order chi connectivity index (χ0) is 12.0. The molecule has 0 radical (unpaired) electrons. The van der Waals surface area contributed by atoms with Gasteiger partial charge in [-0.3, -0.25) is 4.79 Å². The first-order chi connectivity index (χ1) is 7.70. The molecular formula is C11H10BrN3O. The van der Waals surface area contributed by atoms with Gasteiger partial charge >= 0.3 is 0 Å². The molecule has 1 heterocycles. The molecule has 4 nitrogen and oxygen atoms in total. The summed E-state index contributed by atoms with van der Waals surface area (Å²) in [6.07, 6.45) is 12.4. The molecule has 0 amide bonds. The van der Waals surface area contributed by atoms with Gasteiger partial charge in [0.05, 0.1) is 11.9 Å². The topological polar surface area (TPSA) is 46.9 Å². The van der Waals surface area contributed by atoms with Crippen LogP contribution in [0.15, 0.2) is 15.5 Å². The summed E-state index contributed by atoms with van der Waals surface area (Å²) in [7, 11) is 0. The highest BCUT2D eigenvalue weighted by atomic mass is 79.9. The fourth-order valence-electron chi connectivity index (χ4n) is 1.06. The van der Waals surface area contributed by atoms with E-state index in [-0.39, 0.29) is 12.1 Å². The minimum atomic E-state index is -0.261. The van der Waals surface area contributed by atoms with Gasteiger partial charge in [0.2, 0.25) is 0 Å². The molecule has 1 rings (SSSR count). The average molecular weight is 280 g/mol. The van der Waals surface area contributed by atoms with Crippen molar-refractivity contribution in [2.75, 3.05) is 11.9 Å². The molecule has 1 aromatic rings. The summed E-state index contributed by atoms with van der Waals surface area (Å²) in [6.45, 7) is 0.747. The summed E-state index contributed by atoms with van der Waals surface area (Å²) < 4.78 is 1.62. The maximum atomic E-state index is 11.7. The molecule has 0 spiro atoms. The summed E-state index contributed by atoms with van der Waals surface area (Å²) in [4.78, 5) is 11.7. The van der Waals surface area contributed by atoms with Gasteiger partial charge in [0, 0.05) is 13.0 Å². The Bertz CT molecular complexity index is 507. The lowest BCUT2D eigenvalue weighted by molar-refractivity contribution is 0.659. The number of hydrogen-bond acceptors (Lipinski definition) is 3. The molecule has 0 atom stereocenters. The third-order valence-corrected chi connectivity index (χ3v) is 2.58. The van der Waals surface area contributed by atoms with Gasteiger partial charge in [0.25, 0.3) is 5.56 Å². The largest absolute Gasteiger partial charge is 0.382 e. The average Bonchev–Trinajstić information content (AvgIpc) is 2.28. The molecule has 0 aliphatic rings. The van der Waals surface area contributed by atoms with Crippen molar-refractivity contribution < 1.29 is 0 Å². The van der Waals surface area contributed by atoms with E-state index >= 15 is 0 Å². The highest BCUT2D eigenvalue weighted by molar-refractivity contribution is 9.10. The van der Waals surface area contributed by atoms with Crippen LogP contribution in [0.4, 0.5) is 5.69 Å². The van der Waals surface area contributed by atoms with Crippen LogP contribution in [0.2, 0.25) is 0 Å². The Hall–Kier alpha value is -1.72. The second kappa shape index (κ2) is 5.99. The summed E-state index contributed by atoms with van der Waals surface area (Å²) in [5.74, 6) is 4.85. The Morgan fingerprint density at radius 2 is 2.25 bits per heavy atom. The predicted octanol–water partition coefficient (Wildman–Crippen LogP) is 1.07. The predicted molar refractivity (Wildman–Crippen MR) is 67.0 cm³/mol. The molecule has 0 aromatic carbocycles. The Kier molecular flexibility index (Phi) is 4.63. The van der Waals surface area contributed by atoms with E-state index in [9.17, 15) is 4.79 Å². The number of rotatable bonds is 4. The Morgan fingerprint density at radius 1 is 1.50 bits per heavy atom. The van der Waals surface area contributed by atoms with Crippen molar-refractivity contribution in [1.29, 1.82) is 0 Å². The smallest absolute Gasteiger partial charge is 0.284 e. The van der Waals surface area contributed by atoms with Crippen molar-refractivity contribution in [3.05, 3.63) is 21.0 Å². The molecule has 0 bridgehead atoms. The highest BCUT2D eigenvalue weighted by Crippen LogP contribution is 2.15. The second-order valence-electron chi connectivity index (χ2n) is 2.92. The van der Waals surface area contributed by atoms with Crippen LogP contribution < -0.4 is 10.9 Å². The summed E-state index contributed by atoms with van der Waals surface area (Å²) in [5, 5.41) is 6.93. The molecule has 0 aliphatic carbocycles. The SMILES string of the molecule is C#CCCNc1cnn(CC#C)c(=O)c1Br. The molecule has 5 heteroatoms. The minimum absolute atomic E-state index is 0.155. The lowest BCUT2D eigenvalue weighted by Gasteiger charge is -2.07. The van der Waals surface area contributed by atoms with Crippen LogP contribution in [0.1, 0.15) is 6.42 Å². The van der Waals surface area contributed by atoms with Crippen molar-refractivity contribution in [2.45, 2.75) is 13.0 Å². The second-order valence-corrected chi connectivity index (χ2v) is 3.71. The van der Waals surface area contributed by atoms with Crippen LogP contribution in [-0.2, 0) is 6.54 Å². The van der Waals surface area contributed by atoms with E-state index < -0.39 is 0 Å². The first kappa shape index (κ1) is 12.4. The number of halogens is 1. The molecule has 0 saturated carbocycles. The van der Waals surface area contributed by atoms with Gasteiger partial charge in [-0.15, -0.1) is 18.8 Å². The fraction of sp³-hybridized carbons (Fsp3) is 0.273.